The predicted molar refractivity (Wildman–Crippen MR) is 136 cm³/mol. The van der Waals surface area contributed by atoms with Crippen molar-refractivity contribution in [3.8, 4) is 22.5 Å². The van der Waals surface area contributed by atoms with Crippen LogP contribution in [0.3, 0.4) is 0 Å². The quantitative estimate of drug-likeness (QED) is 0.307. The topological polar surface area (TPSA) is 60.9 Å². The molecule has 0 atom stereocenters. The number of hydrogen-bond donors (Lipinski definition) is 0. The second-order valence-corrected chi connectivity index (χ2v) is 8.49. The van der Waals surface area contributed by atoms with Gasteiger partial charge < -0.3 is 0 Å². The Balaban J connectivity index is 1.68. The van der Waals surface area contributed by atoms with Crippen LogP contribution >= 0.6 is 12.2 Å². The van der Waals surface area contributed by atoms with Gasteiger partial charge in [0.1, 0.15) is 21.7 Å². The molecule has 6 nitrogen and oxygen atoms in total. The Morgan fingerprint density at radius 2 is 1.53 bits per heavy atom. The molecule has 0 aliphatic rings. The van der Waals surface area contributed by atoms with Gasteiger partial charge in [0.2, 0.25) is 0 Å². The van der Waals surface area contributed by atoms with Crippen molar-refractivity contribution in [3.63, 3.8) is 0 Å². The smallest absolute Gasteiger partial charge is 0.149 e. The third-order valence-electron chi connectivity index (χ3n) is 5.88. The molecule has 0 aliphatic heterocycles. The third kappa shape index (κ3) is 3.47. The monoisotopic (exact) mass is 460 g/mol. The Morgan fingerprint density at radius 3 is 2.26 bits per heavy atom. The number of pyridine rings is 1. The maximum absolute atomic E-state index is 5.92. The molecular weight excluding hydrogens is 440 g/mol. The van der Waals surface area contributed by atoms with E-state index in [9.17, 15) is 0 Å². The maximum atomic E-state index is 5.92. The van der Waals surface area contributed by atoms with Crippen LogP contribution in [0.5, 0.6) is 0 Å². The first-order valence-corrected chi connectivity index (χ1v) is 11.4. The molecule has 0 aliphatic carbocycles. The molecule has 0 saturated carbocycles. The van der Waals surface area contributed by atoms with Crippen LogP contribution in [0.4, 0.5) is 0 Å². The molecule has 0 radical (unpaired) electrons. The van der Waals surface area contributed by atoms with Crippen molar-refractivity contribution in [2.75, 3.05) is 0 Å². The van der Waals surface area contributed by atoms with Gasteiger partial charge in [-0.15, -0.1) is 0 Å². The molecule has 0 saturated heterocycles. The van der Waals surface area contributed by atoms with Crippen LogP contribution in [0, 0.1) is 11.6 Å². The SMILES string of the molecule is Cc1nc2c(=S)n(Cc3ccccc3)nc(-c3ccncc3)c2c2cc(-c3ccccc3)nn12. The van der Waals surface area contributed by atoms with Crippen LogP contribution in [0.25, 0.3) is 38.9 Å². The van der Waals surface area contributed by atoms with Gasteiger partial charge in [-0.1, -0.05) is 72.9 Å². The van der Waals surface area contributed by atoms with E-state index in [1.54, 1.807) is 12.4 Å². The molecule has 4 heterocycles. The van der Waals surface area contributed by atoms with Crippen molar-refractivity contribution in [1.29, 1.82) is 0 Å². The maximum Gasteiger partial charge on any atom is 0.149 e. The van der Waals surface area contributed by atoms with Crippen molar-refractivity contribution in [1.82, 2.24) is 29.4 Å². The van der Waals surface area contributed by atoms with Crippen LogP contribution in [-0.2, 0) is 6.54 Å². The van der Waals surface area contributed by atoms with E-state index in [1.165, 1.54) is 0 Å². The molecule has 2 aromatic carbocycles. The lowest BCUT2D eigenvalue weighted by molar-refractivity contribution is 0.663. The number of aromatic nitrogens is 6. The van der Waals surface area contributed by atoms with E-state index in [4.69, 9.17) is 27.4 Å². The Morgan fingerprint density at radius 1 is 0.824 bits per heavy atom. The average Bonchev–Trinajstić information content (AvgIpc) is 3.34. The molecule has 0 spiro atoms. The van der Waals surface area contributed by atoms with Gasteiger partial charge >= 0.3 is 0 Å². The normalized spacial score (nSPS) is 11.3. The summed E-state index contributed by atoms with van der Waals surface area (Å²) in [6.45, 7) is 2.52. The van der Waals surface area contributed by atoms with E-state index < -0.39 is 0 Å². The lowest BCUT2D eigenvalue weighted by Gasteiger charge is -2.14. The van der Waals surface area contributed by atoms with Crippen LogP contribution in [0.1, 0.15) is 11.4 Å². The van der Waals surface area contributed by atoms with Crippen LogP contribution < -0.4 is 0 Å². The van der Waals surface area contributed by atoms with Crippen molar-refractivity contribution < 1.29 is 0 Å². The Kier molecular flexibility index (Phi) is 4.96. The molecule has 7 heteroatoms. The van der Waals surface area contributed by atoms with E-state index in [0.29, 0.717) is 11.2 Å². The molecule has 0 amide bonds. The largest absolute Gasteiger partial charge is 0.265 e. The molecule has 6 aromatic rings. The van der Waals surface area contributed by atoms with E-state index in [0.717, 1.165) is 50.3 Å². The summed E-state index contributed by atoms with van der Waals surface area (Å²) >= 11 is 5.92. The van der Waals surface area contributed by atoms with Crippen LogP contribution in [0.15, 0.2) is 91.3 Å². The fraction of sp³-hybridized carbons (Fsp3) is 0.0741. The van der Waals surface area contributed by atoms with Gasteiger partial charge in [0, 0.05) is 23.5 Å². The molecule has 6 rings (SSSR count). The summed E-state index contributed by atoms with van der Waals surface area (Å²) in [7, 11) is 0. The highest BCUT2D eigenvalue weighted by molar-refractivity contribution is 7.71. The zero-order valence-corrected chi connectivity index (χ0v) is 19.3. The minimum absolute atomic E-state index is 0.564. The van der Waals surface area contributed by atoms with E-state index in [1.807, 2.05) is 64.7 Å². The van der Waals surface area contributed by atoms with E-state index in [-0.39, 0.29) is 0 Å². The summed E-state index contributed by atoms with van der Waals surface area (Å²) in [5, 5.41) is 10.8. The first-order valence-electron chi connectivity index (χ1n) is 11.0. The van der Waals surface area contributed by atoms with E-state index in [2.05, 4.69) is 35.3 Å². The lowest BCUT2D eigenvalue weighted by Crippen LogP contribution is -2.11. The van der Waals surface area contributed by atoms with Gasteiger partial charge in [-0.05, 0) is 30.7 Å². The summed E-state index contributed by atoms with van der Waals surface area (Å²) in [6, 6.07) is 26.4. The minimum Gasteiger partial charge on any atom is -0.265 e. The highest BCUT2D eigenvalue weighted by Gasteiger charge is 2.19. The Hall–Kier alpha value is -4.23. The lowest BCUT2D eigenvalue weighted by atomic mass is 10.1. The van der Waals surface area contributed by atoms with Gasteiger partial charge in [-0.3, -0.25) is 4.98 Å². The summed E-state index contributed by atoms with van der Waals surface area (Å²) in [5.41, 5.74) is 6.48. The summed E-state index contributed by atoms with van der Waals surface area (Å²) in [5.74, 6) is 0.772. The standard InChI is InChI=1S/C27H20N6S/c1-18-29-26-24(23-16-22(30-33(18)23)20-10-6-3-7-11-20)25(21-12-14-28-15-13-21)31-32(27(26)34)17-19-8-4-2-5-9-19/h2-16H,17H2,1H3. The second-order valence-electron chi connectivity index (χ2n) is 8.11. The second kappa shape index (κ2) is 8.28. The van der Waals surface area contributed by atoms with Crippen LogP contribution in [-0.4, -0.2) is 29.4 Å². The van der Waals surface area contributed by atoms with Crippen molar-refractivity contribution >= 4 is 28.6 Å². The fourth-order valence-corrected chi connectivity index (χ4v) is 4.50. The first-order chi connectivity index (χ1) is 16.7. The first kappa shape index (κ1) is 20.4. The van der Waals surface area contributed by atoms with Crippen molar-refractivity contribution in [2.45, 2.75) is 13.5 Å². The van der Waals surface area contributed by atoms with Gasteiger partial charge in [0.05, 0.1) is 23.1 Å². The van der Waals surface area contributed by atoms with Gasteiger partial charge in [-0.2, -0.15) is 10.2 Å². The molecule has 4 aromatic heterocycles. The molecular formula is C27H20N6S. The van der Waals surface area contributed by atoms with Crippen molar-refractivity contribution in [3.05, 3.63) is 107 Å². The Labute approximate surface area is 201 Å². The van der Waals surface area contributed by atoms with Gasteiger partial charge in [0.25, 0.3) is 0 Å². The minimum atomic E-state index is 0.564. The number of benzene rings is 2. The fourth-order valence-electron chi connectivity index (χ4n) is 4.24. The zero-order valence-electron chi connectivity index (χ0n) is 18.5. The van der Waals surface area contributed by atoms with Gasteiger partial charge in [0.15, 0.2) is 0 Å². The predicted octanol–water partition coefficient (Wildman–Crippen LogP) is 5.89. The summed E-state index contributed by atoms with van der Waals surface area (Å²) in [4.78, 5) is 9.11. The molecule has 0 N–H and O–H groups in total. The number of hydrogen-bond acceptors (Lipinski definition) is 5. The summed E-state index contributed by atoms with van der Waals surface area (Å²) in [6.07, 6.45) is 3.55. The van der Waals surface area contributed by atoms with Crippen molar-refractivity contribution in [2.24, 2.45) is 0 Å². The summed E-state index contributed by atoms with van der Waals surface area (Å²) < 4.78 is 4.35. The molecule has 0 bridgehead atoms. The molecule has 34 heavy (non-hydrogen) atoms. The number of aryl methyl sites for hydroxylation is 1. The zero-order chi connectivity index (χ0) is 23.1. The van der Waals surface area contributed by atoms with Crippen LogP contribution in [0.2, 0.25) is 0 Å². The third-order valence-corrected chi connectivity index (χ3v) is 6.28. The molecule has 0 fully saturated rings. The highest BCUT2D eigenvalue weighted by Crippen LogP contribution is 2.32. The molecule has 164 valence electrons. The Bertz CT molecular complexity index is 1690. The van der Waals surface area contributed by atoms with Gasteiger partial charge in [-0.25, -0.2) is 14.2 Å². The average molecular weight is 461 g/mol. The number of rotatable bonds is 4. The molecule has 0 unspecified atom stereocenters. The van der Waals surface area contributed by atoms with E-state index >= 15 is 0 Å². The highest BCUT2D eigenvalue weighted by atomic mass is 32.1. The number of nitrogens with zero attached hydrogens (tertiary/aromatic N) is 6. The number of fused-ring (bicyclic) bond motifs is 3.